The van der Waals surface area contributed by atoms with E-state index in [4.69, 9.17) is 4.42 Å². The Labute approximate surface area is 108 Å². The Morgan fingerprint density at radius 3 is 2.72 bits per heavy atom. The number of benzene rings is 2. The third kappa shape index (κ3) is 1.33. The van der Waals surface area contributed by atoms with E-state index in [9.17, 15) is 0 Å². The largest absolute Gasteiger partial charge is 0.464 e. The zero-order valence-corrected chi connectivity index (χ0v) is 10.4. The average Bonchev–Trinajstić information content (AvgIpc) is 3.09. The van der Waals surface area contributed by atoms with Crippen molar-refractivity contribution in [1.82, 2.24) is 0 Å². The molecule has 1 nitrogen and oxygen atoms in total. The molecule has 0 aliphatic heterocycles. The Hall–Kier alpha value is -2.06. The number of rotatable bonds is 1. The first-order valence-electron chi connectivity index (χ1n) is 5.86. The van der Waals surface area contributed by atoms with Gasteiger partial charge in [-0.1, -0.05) is 30.3 Å². The van der Waals surface area contributed by atoms with Gasteiger partial charge in [0, 0.05) is 15.8 Å². The molecule has 4 aromatic rings. The standard InChI is InChI=1S/C16H10OS/c1-2-5-12-11(4-1)10-14(15-6-3-9-18-15)16-13(12)7-8-17-16/h1-10H. The van der Waals surface area contributed by atoms with Crippen molar-refractivity contribution in [2.24, 2.45) is 0 Å². The first kappa shape index (κ1) is 9.92. The van der Waals surface area contributed by atoms with Crippen LogP contribution >= 0.6 is 11.3 Å². The van der Waals surface area contributed by atoms with E-state index in [1.807, 2.05) is 0 Å². The lowest BCUT2D eigenvalue weighted by molar-refractivity contribution is 0.617. The molecule has 0 bridgehead atoms. The number of fused-ring (bicyclic) bond motifs is 3. The van der Waals surface area contributed by atoms with E-state index in [-0.39, 0.29) is 0 Å². The van der Waals surface area contributed by atoms with Crippen LogP contribution in [0.25, 0.3) is 32.2 Å². The lowest BCUT2D eigenvalue weighted by Gasteiger charge is -2.04. The van der Waals surface area contributed by atoms with Gasteiger partial charge in [-0.3, -0.25) is 0 Å². The minimum Gasteiger partial charge on any atom is -0.464 e. The number of thiophene rings is 1. The number of furan rings is 1. The van der Waals surface area contributed by atoms with Crippen molar-refractivity contribution in [2.75, 3.05) is 0 Å². The van der Waals surface area contributed by atoms with Gasteiger partial charge in [0.2, 0.25) is 0 Å². The maximum Gasteiger partial charge on any atom is 0.143 e. The first-order chi connectivity index (χ1) is 8.93. The van der Waals surface area contributed by atoms with Crippen LogP contribution in [0.2, 0.25) is 0 Å². The molecule has 0 aliphatic carbocycles. The van der Waals surface area contributed by atoms with Crippen LogP contribution in [-0.2, 0) is 0 Å². The fourth-order valence-electron chi connectivity index (χ4n) is 2.43. The van der Waals surface area contributed by atoms with Crippen molar-refractivity contribution in [3.8, 4) is 10.4 Å². The molecule has 0 saturated carbocycles. The van der Waals surface area contributed by atoms with E-state index >= 15 is 0 Å². The minimum absolute atomic E-state index is 0.983. The van der Waals surface area contributed by atoms with E-state index in [0.717, 1.165) is 5.58 Å². The van der Waals surface area contributed by atoms with Gasteiger partial charge >= 0.3 is 0 Å². The lowest BCUT2D eigenvalue weighted by Crippen LogP contribution is -1.78. The van der Waals surface area contributed by atoms with Gasteiger partial charge in [0.05, 0.1) is 6.26 Å². The van der Waals surface area contributed by atoms with Gasteiger partial charge in [-0.15, -0.1) is 11.3 Å². The molecule has 0 radical (unpaired) electrons. The van der Waals surface area contributed by atoms with Crippen molar-refractivity contribution in [1.29, 1.82) is 0 Å². The Morgan fingerprint density at radius 2 is 1.83 bits per heavy atom. The van der Waals surface area contributed by atoms with Gasteiger partial charge in [-0.05, 0) is 34.4 Å². The molecule has 0 fully saturated rings. The van der Waals surface area contributed by atoms with Crippen LogP contribution in [0.15, 0.2) is 64.6 Å². The molecular weight excluding hydrogens is 240 g/mol. The zero-order valence-electron chi connectivity index (χ0n) is 9.59. The van der Waals surface area contributed by atoms with E-state index in [1.54, 1.807) is 17.6 Å². The molecule has 2 aromatic heterocycles. The second kappa shape index (κ2) is 3.72. The van der Waals surface area contributed by atoms with Crippen LogP contribution < -0.4 is 0 Å². The molecule has 0 saturated heterocycles. The van der Waals surface area contributed by atoms with Crippen molar-refractivity contribution in [3.05, 3.63) is 60.2 Å². The molecule has 2 aromatic carbocycles. The third-order valence-electron chi connectivity index (χ3n) is 3.25. The quantitative estimate of drug-likeness (QED) is 0.446. The summed E-state index contributed by atoms with van der Waals surface area (Å²) in [6, 6.07) is 16.9. The summed E-state index contributed by atoms with van der Waals surface area (Å²) in [7, 11) is 0. The first-order valence-corrected chi connectivity index (χ1v) is 6.74. The predicted octanol–water partition coefficient (Wildman–Crippen LogP) is 5.31. The molecule has 0 spiro atoms. The highest BCUT2D eigenvalue weighted by Gasteiger charge is 2.11. The summed E-state index contributed by atoms with van der Waals surface area (Å²) in [6.45, 7) is 0. The Kier molecular flexibility index (Phi) is 2.05. The molecule has 0 aliphatic rings. The normalized spacial score (nSPS) is 11.3. The highest BCUT2D eigenvalue weighted by atomic mass is 32.1. The van der Waals surface area contributed by atoms with Crippen LogP contribution in [-0.4, -0.2) is 0 Å². The van der Waals surface area contributed by atoms with Crippen molar-refractivity contribution < 1.29 is 4.42 Å². The second-order valence-electron chi connectivity index (χ2n) is 4.29. The fraction of sp³-hybridized carbons (Fsp3) is 0. The number of hydrogen-bond donors (Lipinski definition) is 0. The van der Waals surface area contributed by atoms with Crippen LogP contribution in [0.4, 0.5) is 0 Å². The summed E-state index contributed by atoms with van der Waals surface area (Å²) >= 11 is 1.74. The molecule has 0 N–H and O–H groups in total. The highest BCUT2D eigenvalue weighted by Crippen LogP contribution is 2.37. The Bertz CT molecular complexity index is 825. The van der Waals surface area contributed by atoms with Crippen LogP contribution in [0, 0.1) is 0 Å². The van der Waals surface area contributed by atoms with Gasteiger partial charge in [-0.25, -0.2) is 0 Å². The number of hydrogen-bond acceptors (Lipinski definition) is 2. The van der Waals surface area contributed by atoms with Crippen LogP contribution in [0.1, 0.15) is 0 Å². The topological polar surface area (TPSA) is 13.1 Å². The zero-order chi connectivity index (χ0) is 11.9. The molecule has 86 valence electrons. The molecule has 0 unspecified atom stereocenters. The average molecular weight is 250 g/mol. The van der Waals surface area contributed by atoms with Crippen molar-refractivity contribution in [3.63, 3.8) is 0 Å². The summed E-state index contributed by atoms with van der Waals surface area (Å²) in [5, 5.41) is 5.80. The van der Waals surface area contributed by atoms with Gasteiger partial charge < -0.3 is 4.42 Å². The summed E-state index contributed by atoms with van der Waals surface area (Å²) in [4.78, 5) is 1.25. The summed E-state index contributed by atoms with van der Waals surface area (Å²) < 4.78 is 5.69. The minimum atomic E-state index is 0.983. The van der Waals surface area contributed by atoms with Crippen molar-refractivity contribution in [2.45, 2.75) is 0 Å². The third-order valence-corrected chi connectivity index (χ3v) is 4.15. The predicted molar refractivity (Wildman–Crippen MR) is 77.0 cm³/mol. The maximum absolute atomic E-state index is 5.69. The van der Waals surface area contributed by atoms with Gasteiger partial charge in [0.1, 0.15) is 5.58 Å². The summed E-state index contributed by atoms with van der Waals surface area (Å²) in [5.41, 5.74) is 2.17. The van der Waals surface area contributed by atoms with Gasteiger partial charge in [0.25, 0.3) is 0 Å². The van der Waals surface area contributed by atoms with E-state index < -0.39 is 0 Å². The van der Waals surface area contributed by atoms with E-state index in [2.05, 4.69) is 53.9 Å². The molecular formula is C16H10OS. The molecule has 0 amide bonds. The Morgan fingerprint density at radius 1 is 0.889 bits per heavy atom. The van der Waals surface area contributed by atoms with E-state index in [1.165, 1.54) is 26.6 Å². The van der Waals surface area contributed by atoms with E-state index in [0.29, 0.717) is 0 Å². The smallest absolute Gasteiger partial charge is 0.143 e. The molecule has 18 heavy (non-hydrogen) atoms. The Balaban J connectivity index is 2.21. The summed E-state index contributed by atoms with van der Waals surface area (Å²) in [5.74, 6) is 0. The lowest BCUT2D eigenvalue weighted by atomic mass is 10.0. The van der Waals surface area contributed by atoms with Gasteiger partial charge in [-0.2, -0.15) is 0 Å². The fourth-order valence-corrected chi connectivity index (χ4v) is 3.17. The second-order valence-corrected chi connectivity index (χ2v) is 5.23. The molecule has 2 heteroatoms. The maximum atomic E-state index is 5.69. The highest BCUT2D eigenvalue weighted by molar-refractivity contribution is 7.13. The molecule has 4 rings (SSSR count). The molecule has 0 atom stereocenters. The SMILES string of the molecule is c1csc(-c2cc3ccccc3c3ccoc23)c1. The van der Waals surface area contributed by atoms with Crippen molar-refractivity contribution >= 4 is 33.1 Å². The van der Waals surface area contributed by atoms with Crippen LogP contribution in [0.5, 0.6) is 0 Å². The molecule has 2 heterocycles. The van der Waals surface area contributed by atoms with Crippen LogP contribution in [0.3, 0.4) is 0 Å². The van der Waals surface area contributed by atoms with Gasteiger partial charge in [0.15, 0.2) is 0 Å². The summed E-state index contributed by atoms with van der Waals surface area (Å²) in [6.07, 6.45) is 1.77. The monoisotopic (exact) mass is 250 g/mol.